The Hall–Kier alpha value is -2.94. The van der Waals surface area contributed by atoms with Crippen LogP contribution in [0.2, 0.25) is 10.0 Å². The van der Waals surface area contributed by atoms with E-state index in [-0.39, 0.29) is 32.7 Å². The maximum Gasteiger partial charge on any atom is 0.257 e. The van der Waals surface area contributed by atoms with E-state index in [2.05, 4.69) is 15.6 Å². The van der Waals surface area contributed by atoms with E-state index in [9.17, 15) is 13.6 Å². The highest BCUT2D eigenvalue weighted by Gasteiger charge is 2.18. The minimum atomic E-state index is -0.704. The van der Waals surface area contributed by atoms with Crippen LogP contribution in [0.5, 0.6) is 0 Å². The topological polar surface area (TPSA) is 89.3 Å². The molecule has 0 atom stereocenters. The Labute approximate surface area is 187 Å². The van der Waals surface area contributed by atoms with Gasteiger partial charge in [-0.2, -0.15) is 0 Å². The molecule has 4 N–H and O–H groups in total. The highest BCUT2D eigenvalue weighted by atomic mass is 35.5. The van der Waals surface area contributed by atoms with Crippen LogP contribution in [0.25, 0.3) is 11.1 Å². The number of carbonyl (C=O) groups excluding carboxylic acids is 1. The molecule has 0 fully saturated rings. The Kier molecular flexibility index (Phi) is 7.27. The van der Waals surface area contributed by atoms with Crippen molar-refractivity contribution in [2.24, 2.45) is 0 Å². The average molecular weight is 467 g/mol. The summed E-state index contributed by atoms with van der Waals surface area (Å²) in [6.45, 7) is 0.767. The third-order valence-electron chi connectivity index (χ3n) is 4.32. The summed E-state index contributed by atoms with van der Waals surface area (Å²) in [5.74, 6) is -1.73. The number of nitrogen functional groups attached to an aromatic ring is 1. The Morgan fingerprint density at radius 1 is 1.13 bits per heavy atom. The first-order valence-corrected chi connectivity index (χ1v) is 9.80. The van der Waals surface area contributed by atoms with Crippen LogP contribution in [0.1, 0.15) is 10.4 Å². The largest absolute Gasteiger partial charge is 0.383 e. The molecule has 0 aliphatic heterocycles. The summed E-state index contributed by atoms with van der Waals surface area (Å²) < 4.78 is 33.7. The number of benzene rings is 2. The lowest BCUT2D eigenvalue weighted by Gasteiger charge is -2.15. The number of halogens is 4. The molecular formula is C21H18Cl2F2N4O2. The van der Waals surface area contributed by atoms with Gasteiger partial charge >= 0.3 is 0 Å². The van der Waals surface area contributed by atoms with Crippen LogP contribution in [-0.4, -0.2) is 31.2 Å². The Morgan fingerprint density at radius 2 is 1.90 bits per heavy atom. The first-order chi connectivity index (χ1) is 14.8. The van der Waals surface area contributed by atoms with Gasteiger partial charge in [-0.3, -0.25) is 4.79 Å². The number of pyridine rings is 1. The molecule has 1 aromatic heterocycles. The molecule has 162 valence electrons. The van der Waals surface area contributed by atoms with E-state index in [1.165, 1.54) is 43.6 Å². The van der Waals surface area contributed by atoms with Gasteiger partial charge in [0.1, 0.15) is 17.5 Å². The molecular weight excluding hydrogens is 449 g/mol. The molecule has 3 rings (SSSR count). The fourth-order valence-electron chi connectivity index (χ4n) is 2.83. The van der Waals surface area contributed by atoms with E-state index in [0.717, 1.165) is 6.07 Å². The number of methoxy groups -OCH3 is 1. The van der Waals surface area contributed by atoms with E-state index < -0.39 is 17.5 Å². The number of nitrogens with zero attached hydrogens (tertiary/aromatic N) is 1. The van der Waals surface area contributed by atoms with Crippen molar-refractivity contribution in [1.29, 1.82) is 0 Å². The van der Waals surface area contributed by atoms with Crippen LogP contribution < -0.4 is 16.4 Å². The van der Waals surface area contributed by atoms with Crippen LogP contribution in [0, 0.1) is 11.6 Å². The van der Waals surface area contributed by atoms with Crippen LogP contribution in [-0.2, 0) is 4.74 Å². The van der Waals surface area contributed by atoms with Gasteiger partial charge < -0.3 is 21.1 Å². The maximum atomic E-state index is 15.0. The molecule has 0 spiro atoms. The second-order valence-electron chi connectivity index (χ2n) is 6.47. The number of amides is 1. The van der Waals surface area contributed by atoms with Crippen molar-refractivity contribution in [3.8, 4) is 11.1 Å². The summed E-state index contributed by atoms with van der Waals surface area (Å²) in [5, 5.41) is 5.71. The fourth-order valence-corrected chi connectivity index (χ4v) is 3.24. The second-order valence-corrected chi connectivity index (χ2v) is 7.28. The highest BCUT2D eigenvalue weighted by Crippen LogP contribution is 2.34. The molecule has 31 heavy (non-hydrogen) atoms. The molecule has 0 aliphatic rings. The van der Waals surface area contributed by atoms with E-state index in [0.29, 0.717) is 24.4 Å². The maximum absolute atomic E-state index is 15.0. The summed E-state index contributed by atoms with van der Waals surface area (Å²) in [7, 11) is 1.53. The number of aromatic nitrogens is 1. The predicted molar refractivity (Wildman–Crippen MR) is 119 cm³/mol. The zero-order valence-corrected chi connectivity index (χ0v) is 17.8. The molecule has 3 aromatic rings. The van der Waals surface area contributed by atoms with Gasteiger partial charge in [-0.05, 0) is 36.4 Å². The quantitative estimate of drug-likeness (QED) is 0.415. The van der Waals surface area contributed by atoms with Crippen LogP contribution in [0.15, 0.2) is 42.6 Å². The van der Waals surface area contributed by atoms with Gasteiger partial charge in [-0.25, -0.2) is 13.8 Å². The van der Waals surface area contributed by atoms with Crippen molar-refractivity contribution < 1.29 is 18.3 Å². The fraction of sp³-hybridized carbons (Fsp3) is 0.143. The van der Waals surface area contributed by atoms with Gasteiger partial charge in [0.15, 0.2) is 0 Å². The van der Waals surface area contributed by atoms with Crippen LogP contribution in [0.4, 0.5) is 26.0 Å². The molecule has 0 saturated heterocycles. The van der Waals surface area contributed by atoms with Crippen molar-refractivity contribution >= 4 is 46.3 Å². The molecule has 0 unspecified atom stereocenters. The van der Waals surface area contributed by atoms with Gasteiger partial charge in [0.2, 0.25) is 0 Å². The molecule has 0 saturated carbocycles. The van der Waals surface area contributed by atoms with Crippen molar-refractivity contribution in [1.82, 2.24) is 4.98 Å². The zero-order chi connectivity index (χ0) is 22.5. The van der Waals surface area contributed by atoms with Gasteiger partial charge in [0, 0.05) is 30.5 Å². The third-order valence-corrected chi connectivity index (χ3v) is 4.94. The van der Waals surface area contributed by atoms with Crippen LogP contribution in [0.3, 0.4) is 0 Å². The second kappa shape index (κ2) is 9.91. The summed E-state index contributed by atoms with van der Waals surface area (Å²) in [6.07, 6.45) is 1.31. The molecule has 1 heterocycles. The van der Waals surface area contributed by atoms with Crippen molar-refractivity contribution in [3.63, 3.8) is 0 Å². The molecule has 2 aromatic carbocycles. The predicted octanol–water partition coefficient (Wildman–Crippen LogP) is 5.23. The number of nitrogens with one attached hydrogen (secondary N) is 2. The molecule has 0 radical (unpaired) electrons. The van der Waals surface area contributed by atoms with E-state index in [4.69, 9.17) is 33.7 Å². The van der Waals surface area contributed by atoms with Crippen molar-refractivity contribution in [2.45, 2.75) is 0 Å². The van der Waals surface area contributed by atoms with E-state index in [1.54, 1.807) is 0 Å². The van der Waals surface area contributed by atoms with Gasteiger partial charge in [-0.1, -0.05) is 23.2 Å². The Balaban J connectivity index is 1.91. The number of hydrogen-bond acceptors (Lipinski definition) is 5. The highest BCUT2D eigenvalue weighted by molar-refractivity contribution is 6.35. The van der Waals surface area contributed by atoms with Gasteiger partial charge in [0.05, 0.1) is 34.1 Å². The normalized spacial score (nSPS) is 10.7. The molecule has 0 bridgehead atoms. The van der Waals surface area contributed by atoms with Crippen LogP contribution >= 0.6 is 23.2 Å². The molecule has 1 amide bonds. The van der Waals surface area contributed by atoms with Crippen molar-refractivity contribution in [3.05, 3.63) is 69.8 Å². The first kappa shape index (κ1) is 22.7. The minimum Gasteiger partial charge on any atom is -0.383 e. The van der Waals surface area contributed by atoms with E-state index in [1.807, 2.05) is 0 Å². The summed E-state index contributed by atoms with van der Waals surface area (Å²) in [5.41, 5.74) is 6.59. The zero-order valence-electron chi connectivity index (χ0n) is 16.3. The lowest BCUT2D eigenvalue weighted by molar-refractivity contribution is 0.102. The number of rotatable bonds is 7. The molecule has 10 heteroatoms. The summed E-state index contributed by atoms with van der Waals surface area (Å²) in [4.78, 5) is 16.4. The smallest absolute Gasteiger partial charge is 0.257 e. The lowest BCUT2D eigenvalue weighted by atomic mass is 10.0. The van der Waals surface area contributed by atoms with Gasteiger partial charge in [0.25, 0.3) is 5.91 Å². The van der Waals surface area contributed by atoms with Crippen molar-refractivity contribution in [2.75, 3.05) is 36.6 Å². The van der Waals surface area contributed by atoms with E-state index >= 15 is 0 Å². The third kappa shape index (κ3) is 5.41. The van der Waals surface area contributed by atoms with Gasteiger partial charge in [-0.15, -0.1) is 0 Å². The lowest BCUT2D eigenvalue weighted by Crippen LogP contribution is -2.14. The Bertz CT molecular complexity index is 1130. The average Bonchev–Trinajstić information content (AvgIpc) is 2.72. The number of anilines is 3. The standard InChI is InChI=1S/C21H18Cl2F2N4O2/c1-31-5-4-27-19-6-11(24)2-3-13(19)14-8-16(22)15(9-18(14)25)21(30)29-12-7-17(23)20(26)28-10-12/h2-3,6-10,27H,4-5H2,1H3,(H2,26,28)(H,29,30). The minimum absolute atomic E-state index is 0.00978. The number of nitrogens with two attached hydrogens (primary N) is 1. The number of carbonyl (C=O) groups is 1. The first-order valence-electron chi connectivity index (χ1n) is 9.04. The molecule has 0 aliphatic carbocycles. The number of ether oxygens (including phenoxy) is 1. The molecule has 6 nitrogen and oxygen atoms in total. The SMILES string of the molecule is COCCNc1cc(F)ccc1-c1cc(Cl)c(C(=O)Nc2cnc(N)c(Cl)c2)cc1F. The Morgan fingerprint density at radius 3 is 2.61 bits per heavy atom. The monoisotopic (exact) mass is 466 g/mol. The summed E-state index contributed by atoms with van der Waals surface area (Å²) in [6, 6.07) is 7.63. The summed E-state index contributed by atoms with van der Waals surface area (Å²) >= 11 is 12.2. The number of hydrogen-bond donors (Lipinski definition) is 3.